The average molecular weight is 266 g/mol. The zero-order chi connectivity index (χ0) is 13.2. The lowest BCUT2D eigenvalue weighted by atomic mass is 9.78. The Kier molecular flexibility index (Phi) is 3.73. The number of fused-ring (bicyclic) bond motifs is 1. The lowest BCUT2D eigenvalue weighted by molar-refractivity contribution is -0.928. The van der Waals surface area contributed by atoms with Gasteiger partial charge in [0, 0.05) is 19.0 Å². The quantitative estimate of drug-likeness (QED) is 0.726. The summed E-state index contributed by atoms with van der Waals surface area (Å²) in [5.41, 5.74) is 0. The number of imide groups is 1. The van der Waals surface area contributed by atoms with Crippen LogP contribution >= 0.6 is 0 Å². The minimum absolute atomic E-state index is 0.0104. The Balaban J connectivity index is 1.61. The van der Waals surface area contributed by atoms with Gasteiger partial charge in [-0.2, -0.15) is 0 Å². The molecule has 3 amide bonds. The van der Waals surface area contributed by atoms with Gasteiger partial charge in [0.1, 0.15) is 0 Å². The van der Waals surface area contributed by atoms with Gasteiger partial charge in [-0.25, -0.2) is 4.79 Å². The maximum Gasteiger partial charge on any atom is 0.324 e. The third-order valence-electron chi connectivity index (χ3n) is 5.04. The van der Waals surface area contributed by atoms with Crippen molar-refractivity contribution in [3.8, 4) is 0 Å². The summed E-state index contributed by atoms with van der Waals surface area (Å²) >= 11 is 0. The molecule has 19 heavy (non-hydrogen) atoms. The fourth-order valence-corrected chi connectivity index (χ4v) is 4.09. The molecule has 0 radical (unpaired) electrons. The topological polar surface area (TPSA) is 53.9 Å². The van der Waals surface area contributed by atoms with Crippen LogP contribution < -0.4 is 10.2 Å². The molecule has 3 atom stereocenters. The van der Waals surface area contributed by atoms with E-state index in [9.17, 15) is 9.59 Å². The summed E-state index contributed by atoms with van der Waals surface area (Å²) in [7, 11) is 0. The molecule has 0 aromatic rings. The Bertz CT molecular complexity index is 370. The molecule has 2 heterocycles. The highest BCUT2D eigenvalue weighted by Crippen LogP contribution is 2.28. The first-order valence-corrected chi connectivity index (χ1v) is 7.68. The van der Waals surface area contributed by atoms with E-state index < -0.39 is 0 Å². The van der Waals surface area contributed by atoms with E-state index >= 15 is 0 Å². The number of nitrogens with zero attached hydrogens (tertiary/aromatic N) is 1. The maximum absolute atomic E-state index is 12.2. The third-order valence-corrected chi connectivity index (χ3v) is 5.04. The van der Waals surface area contributed by atoms with E-state index in [1.807, 2.05) is 0 Å². The van der Waals surface area contributed by atoms with Crippen molar-refractivity contribution in [1.29, 1.82) is 0 Å². The number of carbonyl (C=O) groups excluding carboxylic acids is 2. The number of quaternary nitrogens is 1. The van der Waals surface area contributed by atoms with Crippen LogP contribution in [0.4, 0.5) is 4.79 Å². The molecule has 5 nitrogen and oxygen atoms in total. The van der Waals surface area contributed by atoms with Crippen LogP contribution in [0.5, 0.6) is 0 Å². The van der Waals surface area contributed by atoms with E-state index in [1.165, 1.54) is 48.3 Å². The Morgan fingerprint density at radius 2 is 2.05 bits per heavy atom. The molecule has 1 aliphatic carbocycles. The zero-order valence-corrected chi connectivity index (χ0v) is 11.5. The van der Waals surface area contributed by atoms with Crippen LogP contribution in [0.1, 0.15) is 38.5 Å². The second kappa shape index (κ2) is 5.49. The summed E-state index contributed by atoms with van der Waals surface area (Å²) in [6, 6.07) is 0.457. The molecule has 3 fully saturated rings. The molecule has 3 rings (SSSR count). The third kappa shape index (κ3) is 2.61. The van der Waals surface area contributed by atoms with Crippen LogP contribution in [0, 0.1) is 5.92 Å². The average Bonchev–Trinajstić information content (AvgIpc) is 2.85. The van der Waals surface area contributed by atoms with Crippen LogP contribution in [0.15, 0.2) is 0 Å². The van der Waals surface area contributed by atoms with E-state index in [4.69, 9.17) is 0 Å². The van der Waals surface area contributed by atoms with Gasteiger partial charge in [0.15, 0.2) is 6.54 Å². The Morgan fingerprint density at radius 1 is 1.26 bits per heavy atom. The lowest BCUT2D eigenvalue weighted by Gasteiger charge is -2.41. The first-order valence-electron chi connectivity index (χ1n) is 7.68. The van der Waals surface area contributed by atoms with Crippen LogP contribution in [-0.4, -0.2) is 49.1 Å². The zero-order valence-electron chi connectivity index (χ0n) is 11.5. The summed E-state index contributed by atoms with van der Waals surface area (Å²) in [6.07, 6.45) is 7.84. The summed E-state index contributed by atoms with van der Waals surface area (Å²) in [4.78, 5) is 26.6. The summed E-state index contributed by atoms with van der Waals surface area (Å²) in [5, 5.41) is 2.70. The van der Waals surface area contributed by atoms with Crippen LogP contribution in [0.3, 0.4) is 0 Å². The van der Waals surface area contributed by atoms with Crippen LogP contribution in [0.25, 0.3) is 0 Å². The SMILES string of the molecule is O=C(C[NH+]1CCC[C@H]2CCCC[C@@H]21)N1CCNC1=O. The molecule has 0 spiro atoms. The first-order chi connectivity index (χ1) is 9.25. The molecule has 2 N–H and O–H groups in total. The molecule has 0 aromatic carbocycles. The molecule has 2 aliphatic heterocycles. The second-order valence-electron chi connectivity index (χ2n) is 6.16. The van der Waals surface area contributed by atoms with Crippen LogP contribution in [-0.2, 0) is 4.79 Å². The summed E-state index contributed by atoms with van der Waals surface area (Å²) < 4.78 is 0. The normalized spacial score (nSPS) is 34.8. The second-order valence-corrected chi connectivity index (χ2v) is 6.16. The first kappa shape index (κ1) is 12.9. The van der Waals surface area contributed by atoms with Crippen molar-refractivity contribution in [2.75, 3.05) is 26.2 Å². The van der Waals surface area contributed by atoms with Gasteiger partial charge in [0.05, 0.1) is 12.6 Å². The smallest absolute Gasteiger partial charge is 0.324 e. The van der Waals surface area contributed by atoms with Gasteiger partial charge in [-0.15, -0.1) is 0 Å². The molecule has 1 unspecified atom stereocenters. The number of hydrogen-bond acceptors (Lipinski definition) is 2. The van der Waals surface area contributed by atoms with Crippen molar-refractivity contribution >= 4 is 11.9 Å². The highest BCUT2D eigenvalue weighted by atomic mass is 16.2. The van der Waals surface area contributed by atoms with Crippen molar-refractivity contribution in [2.24, 2.45) is 5.92 Å². The minimum Gasteiger partial charge on any atom is -0.336 e. The Labute approximate surface area is 114 Å². The molecule has 1 saturated carbocycles. The fourth-order valence-electron chi connectivity index (χ4n) is 4.09. The van der Waals surface area contributed by atoms with Crippen molar-refractivity contribution in [3.05, 3.63) is 0 Å². The number of piperidine rings is 1. The van der Waals surface area contributed by atoms with E-state index in [0.29, 0.717) is 25.7 Å². The number of likely N-dealkylation sites (tertiary alicyclic amines) is 1. The summed E-state index contributed by atoms with van der Waals surface area (Å²) in [6.45, 7) is 2.75. The Morgan fingerprint density at radius 3 is 2.84 bits per heavy atom. The molecule has 3 aliphatic rings. The van der Waals surface area contributed by atoms with Gasteiger partial charge in [0.2, 0.25) is 0 Å². The van der Waals surface area contributed by atoms with Crippen molar-refractivity contribution < 1.29 is 14.5 Å². The van der Waals surface area contributed by atoms with E-state index in [0.717, 1.165) is 12.5 Å². The molecule has 2 saturated heterocycles. The van der Waals surface area contributed by atoms with Crippen molar-refractivity contribution in [3.63, 3.8) is 0 Å². The van der Waals surface area contributed by atoms with Gasteiger partial charge in [-0.05, 0) is 32.1 Å². The van der Waals surface area contributed by atoms with Gasteiger partial charge < -0.3 is 10.2 Å². The summed E-state index contributed by atoms with van der Waals surface area (Å²) in [5.74, 6) is 0.828. The number of urea groups is 1. The van der Waals surface area contributed by atoms with E-state index in [1.54, 1.807) is 0 Å². The molecular weight excluding hydrogens is 242 g/mol. The van der Waals surface area contributed by atoms with E-state index in [2.05, 4.69) is 5.32 Å². The largest absolute Gasteiger partial charge is 0.336 e. The molecular formula is C14H24N3O2+. The van der Waals surface area contributed by atoms with Crippen molar-refractivity contribution in [2.45, 2.75) is 44.6 Å². The fraction of sp³-hybridized carbons (Fsp3) is 0.857. The Hall–Kier alpha value is -1.10. The molecule has 106 valence electrons. The minimum atomic E-state index is -0.207. The number of hydrogen-bond donors (Lipinski definition) is 2. The van der Waals surface area contributed by atoms with Crippen molar-refractivity contribution in [1.82, 2.24) is 10.2 Å². The monoisotopic (exact) mass is 266 g/mol. The number of carbonyl (C=O) groups is 2. The number of rotatable bonds is 2. The van der Waals surface area contributed by atoms with Gasteiger partial charge in [-0.1, -0.05) is 6.42 Å². The predicted octanol–water partition coefficient (Wildman–Crippen LogP) is -0.224. The van der Waals surface area contributed by atoms with Gasteiger partial charge >= 0.3 is 6.03 Å². The van der Waals surface area contributed by atoms with Gasteiger partial charge in [0.25, 0.3) is 5.91 Å². The van der Waals surface area contributed by atoms with E-state index in [-0.39, 0.29) is 11.9 Å². The highest BCUT2D eigenvalue weighted by molar-refractivity contribution is 5.96. The highest BCUT2D eigenvalue weighted by Gasteiger charge is 2.39. The van der Waals surface area contributed by atoms with Gasteiger partial charge in [-0.3, -0.25) is 9.69 Å². The standard InChI is InChI=1S/C14H23N3O2/c18-13(17-9-7-15-14(17)19)10-16-8-3-5-11-4-1-2-6-12(11)16/h11-12H,1-10H2,(H,15,19)/p+1/t11-,12+/m1/s1. The maximum atomic E-state index is 12.2. The number of nitrogens with one attached hydrogen (secondary N) is 2. The lowest BCUT2D eigenvalue weighted by Crippen LogP contribution is -3.18. The molecule has 0 aromatic heterocycles. The number of amides is 3. The van der Waals surface area contributed by atoms with Crippen LogP contribution in [0.2, 0.25) is 0 Å². The molecule has 5 heteroatoms. The predicted molar refractivity (Wildman–Crippen MR) is 70.8 cm³/mol. The molecule has 0 bridgehead atoms.